The van der Waals surface area contributed by atoms with Gasteiger partial charge >= 0.3 is 0 Å². The normalized spacial score (nSPS) is 17.4. The first kappa shape index (κ1) is 23.3. The Balaban J connectivity index is 1.74. The van der Waals surface area contributed by atoms with Gasteiger partial charge in [0.25, 0.3) is 0 Å². The van der Waals surface area contributed by atoms with Crippen LogP contribution in [-0.2, 0) is 10.1 Å². The van der Waals surface area contributed by atoms with Gasteiger partial charge in [-0.15, -0.1) is 0 Å². The SMILES string of the molecule is Cc1ccccc1C1=C2C=CC(N(C)CCCS(=O)(=O)[O-])C=C2Oc2cc(N(C)C)ccc21. The minimum absolute atomic E-state index is 0.0604. The first-order valence-corrected chi connectivity index (χ1v) is 12.6. The van der Waals surface area contributed by atoms with Crippen LogP contribution in [0.2, 0.25) is 0 Å². The molecule has 33 heavy (non-hydrogen) atoms. The third kappa shape index (κ3) is 5.05. The largest absolute Gasteiger partial charge is 0.748 e. The number of allylic oxidation sites excluding steroid dienone is 1. The van der Waals surface area contributed by atoms with Crippen LogP contribution in [0.15, 0.2) is 72.0 Å². The Labute approximate surface area is 196 Å². The molecule has 7 heteroatoms. The molecule has 0 radical (unpaired) electrons. The highest BCUT2D eigenvalue weighted by Crippen LogP contribution is 2.45. The number of anilines is 1. The van der Waals surface area contributed by atoms with Crippen LogP contribution < -0.4 is 9.64 Å². The molecule has 0 spiro atoms. The summed E-state index contributed by atoms with van der Waals surface area (Å²) in [7, 11) is 1.72. The molecule has 0 amide bonds. The van der Waals surface area contributed by atoms with E-state index in [0.717, 1.165) is 39.5 Å². The second kappa shape index (κ2) is 9.17. The summed E-state index contributed by atoms with van der Waals surface area (Å²) in [4.78, 5) is 4.07. The van der Waals surface area contributed by atoms with E-state index in [1.54, 1.807) is 0 Å². The summed E-state index contributed by atoms with van der Waals surface area (Å²) in [5, 5.41) is 0. The third-order valence-corrected chi connectivity index (χ3v) is 6.91. The van der Waals surface area contributed by atoms with E-state index in [9.17, 15) is 13.0 Å². The lowest BCUT2D eigenvalue weighted by atomic mass is 9.85. The zero-order chi connectivity index (χ0) is 23.8. The van der Waals surface area contributed by atoms with Gasteiger partial charge in [0, 0.05) is 48.3 Å². The Morgan fingerprint density at radius 2 is 1.82 bits per heavy atom. The van der Waals surface area contributed by atoms with Gasteiger partial charge in [-0.3, -0.25) is 4.90 Å². The minimum atomic E-state index is -4.20. The molecule has 0 aromatic heterocycles. The van der Waals surface area contributed by atoms with Crippen LogP contribution in [-0.4, -0.2) is 57.4 Å². The van der Waals surface area contributed by atoms with E-state index in [0.29, 0.717) is 13.0 Å². The predicted octanol–water partition coefficient (Wildman–Crippen LogP) is 3.94. The zero-order valence-electron chi connectivity index (χ0n) is 19.4. The van der Waals surface area contributed by atoms with Crippen LogP contribution in [0.5, 0.6) is 5.75 Å². The van der Waals surface area contributed by atoms with Gasteiger partial charge in [-0.25, -0.2) is 8.42 Å². The van der Waals surface area contributed by atoms with Crippen molar-refractivity contribution in [3.05, 3.63) is 88.7 Å². The molecule has 1 atom stereocenters. The Kier molecular flexibility index (Phi) is 6.47. The molecule has 1 aliphatic carbocycles. The molecule has 0 N–H and O–H groups in total. The fourth-order valence-electron chi connectivity index (χ4n) is 4.27. The summed E-state index contributed by atoms with van der Waals surface area (Å²) in [6.07, 6.45) is 6.53. The van der Waals surface area contributed by atoms with E-state index in [4.69, 9.17) is 4.74 Å². The molecule has 1 unspecified atom stereocenters. The molecular weight excluding hydrogens is 436 g/mol. The lowest BCUT2D eigenvalue weighted by molar-refractivity contribution is 0.309. The fourth-order valence-corrected chi connectivity index (χ4v) is 4.76. The van der Waals surface area contributed by atoms with Crippen LogP contribution in [0.3, 0.4) is 0 Å². The maximum atomic E-state index is 10.9. The number of nitrogens with zero attached hydrogens (tertiary/aromatic N) is 2. The maximum Gasteiger partial charge on any atom is 0.137 e. The Morgan fingerprint density at radius 1 is 1.06 bits per heavy atom. The molecule has 0 saturated heterocycles. The van der Waals surface area contributed by atoms with Crippen LogP contribution in [0.4, 0.5) is 5.69 Å². The van der Waals surface area contributed by atoms with Gasteiger partial charge in [-0.2, -0.15) is 0 Å². The molecule has 0 bridgehead atoms. The van der Waals surface area contributed by atoms with Gasteiger partial charge in [0.2, 0.25) is 0 Å². The summed E-state index contributed by atoms with van der Waals surface area (Å²) < 4.78 is 39.2. The van der Waals surface area contributed by atoms with E-state index in [2.05, 4.69) is 61.5 Å². The topological polar surface area (TPSA) is 72.9 Å². The summed E-state index contributed by atoms with van der Waals surface area (Å²) in [5.41, 5.74) is 6.63. The third-order valence-electron chi connectivity index (χ3n) is 6.12. The van der Waals surface area contributed by atoms with Gasteiger partial charge < -0.3 is 14.2 Å². The summed E-state index contributed by atoms with van der Waals surface area (Å²) in [6.45, 7) is 2.61. The first-order chi connectivity index (χ1) is 15.6. The number of rotatable bonds is 7. The van der Waals surface area contributed by atoms with Gasteiger partial charge in [0.1, 0.15) is 11.5 Å². The summed E-state index contributed by atoms with van der Waals surface area (Å²) in [6, 6.07) is 14.6. The van der Waals surface area contributed by atoms with E-state index in [1.807, 2.05) is 37.0 Å². The van der Waals surface area contributed by atoms with Crippen molar-refractivity contribution in [2.24, 2.45) is 0 Å². The molecule has 2 aromatic rings. The van der Waals surface area contributed by atoms with E-state index >= 15 is 0 Å². The molecule has 4 rings (SSSR count). The molecular formula is C26H29N2O4S-. The standard InChI is InChI=1S/C26H30N2O4S/c1-18-8-5-6-9-21(18)26-22-12-10-19(27(2)3)16-24(22)32-25-17-20(11-13-23(25)26)28(4)14-7-15-33(29,30)31/h5-6,8-13,16-17,20H,7,14-15H2,1-4H3,(H,29,30,31)/p-1. The average molecular weight is 466 g/mol. The predicted molar refractivity (Wildman–Crippen MR) is 131 cm³/mol. The highest BCUT2D eigenvalue weighted by Gasteiger charge is 2.29. The molecule has 6 nitrogen and oxygen atoms in total. The van der Waals surface area contributed by atoms with Crippen LogP contribution in [0.1, 0.15) is 23.1 Å². The number of likely N-dealkylation sites (N-methyl/N-ethyl adjacent to an activating group) is 1. The van der Waals surface area contributed by atoms with Crippen molar-refractivity contribution < 1.29 is 17.7 Å². The van der Waals surface area contributed by atoms with E-state index < -0.39 is 10.1 Å². The lowest BCUT2D eigenvalue weighted by Crippen LogP contribution is -2.32. The highest BCUT2D eigenvalue weighted by atomic mass is 32.2. The summed E-state index contributed by atoms with van der Waals surface area (Å²) in [5.74, 6) is 1.24. The molecule has 1 aliphatic heterocycles. The number of hydrogen-bond donors (Lipinski definition) is 0. The molecule has 2 aromatic carbocycles. The summed E-state index contributed by atoms with van der Waals surface area (Å²) >= 11 is 0. The van der Waals surface area contributed by atoms with Crippen molar-refractivity contribution in [3.63, 3.8) is 0 Å². The quantitative estimate of drug-likeness (QED) is 0.577. The monoisotopic (exact) mass is 465 g/mol. The number of aryl methyl sites for hydroxylation is 1. The lowest BCUT2D eigenvalue weighted by Gasteiger charge is -2.32. The van der Waals surface area contributed by atoms with Gasteiger partial charge in [-0.05, 0) is 56.3 Å². The number of fused-ring (bicyclic) bond motifs is 2. The van der Waals surface area contributed by atoms with Crippen LogP contribution in [0, 0.1) is 6.92 Å². The Hall–Kier alpha value is -2.87. The van der Waals surface area contributed by atoms with Crippen molar-refractivity contribution in [1.82, 2.24) is 4.90 Å². The van der Waals surface area contributed by atoms with E-state index in [1.165, 1.54) is 5.56 Å². The average Bonchev–Trinajstić information content (AvgIpc) is 2.76. The van der Waals surface area contributed by atoms with Gasteiger partial charge in [0.05, 0.1) is 16.2 Å². The number of hydrogen-bond acceptors (Lipinski definition) is 6. The van der Waals surface area contributed by atoms with Crippen molar-refractivity contribution in [2.75, 3.05) is 38.3 Å². The van der Waals surface area contributed by atoms with Gasteiger partial charge in [0.15, 0.2) is 0 Å². The van der Waals surface area contributed by atoms with Crippen LogP contribution >= 0.6 is 0 Å². The van der Waals surface area contributed by atoms with Crippen molar-refractivity contribution in [2.45, 2.75) is 19.4 Å². The smallest absolute Gasteiger partial charge is 0.137 e. The molecule has 1 heterocycles. The molecule has 0 fully saturated rings. The molecule has 2 aliphatic rings. The zero-order valence-corrected chi connectivity index (χ0v) is 20.2. The Bertz CT molecular complexity index is 1260. The fraction of sp³-hybridized carbons (Fsp3) is 0.308. The molecule has 0 saturated carbocycles. The first-order valence-electron chi connectivity index (χ1n) is 11.0. The second-order valence-electron chi connectivity index (χ2n) is 8.76. The second-order valence-corrected chi connectivity index (χ2v) is 10.3. The van der Waals surface area contributed by atoms with Crippen LogP contribution in [0.25, 0.3) is 5.57 Å². The van der Waals surface area contributed by atoms with Crippen molar-refractivity contribution >= 4 is 21.4 Å². The van der Waals surface area contributed by atoms with Crippen molar-refractivity contribution in [1.29, 1.82) is 0 Å². The van der Waals surface area contributed by atoms with Crippen molar-refractivity contribution in [3.8, 4) is 5.75 Å². The van der Waals surface area contributed by atoms with Gasteiger partial charge in [-0.1, -0.05) is 36.4 Å². The van der Waals surface area contributed by atoms with E-state index in [-0.39, 0.29) is 11.8 Å². The number of ether oxygens (including phenoxy) is 1. The Morgan fingerprint density at radius 3 is 2.52 bits per heavy atom. The number of benzene rings is 2. The maximum absolute atomic E-state index is 10.9. The minimum Gasteiger partial charge on any atom is -0.748 e. The molecule has 174 valence electrons. The highest BCUT2D eigenvalue weighted by molar-refractivity contribution is 7.85.